The Kier molecular flexibility index (Phi) is 6.75. The van der Waals surface area contributed by atoms with Crippen LogP contribution in [0.2, 0.25) is 0 Å². The molecular weight excluding hydrogens is 472 g/mol. The molecule has 0 saturated carbocycles. The van der Waals surface area contributed by atoms with Gasteiger partial charge in [0.15, 0.2) is 0 Å². The summed E-state index contributed by atoms with van der Waals surface area (Å²) in [4.78, 5) is 31.8. The van der Waals surface area contributed by atoms with E-state index in [1.165, 1.54) is 43.5 Å². The Morgan fingerprint density at radius 1 is 1.00 bits per heavy atom. The number of nitrogens with one attached hydrogen (secondary N) is 3. The van der Waals surface area contributed by atoms with Crippen molar-refractivity contribution in [1.82, 2.24) is 24.8 Å². The van der Waals surface area contributed by atoms with E-state index in [0.29, 0.717) is 17.7 Å². The van der Waals surface area contributed by atoms with Crippen LogP contribution in [-0.2, 0) is 13.0 Å². The molecule has 0 bridgehead atoms. The number of aromatic nitrogens is 4. The first-order chi connectivity index (χ1) is 18.6. The van der Waals surface area contributed by atoms with E-state index in [-0.39, 0.29) is 5.91 Å². The lowest BCUT2D eigenvalue weighted by Gasteiger charge is -2.26. The molecule has 3 N–H and O–H groups in total. The van der Waals surface area contributed by atoms with E-state index in [1.807, 2.05) is 12.3 Å². The lowest BCUT2D eigenvalue weighted by molar-refractivity contribution is 0.102. The Morgan fingerprint density at radius 3 is 2.66 bits per heavy atom. The molecule has 7 nitrogen and oxygen atoms in total. The molecule has 1 fully saturated rings. The zero-order valence-corrected chi connectivity index (χ0v) is 21.6. The summed E-state index contributed by atoms with van der Waals surface area (Å²) in [6.07, 6.45) is 9.87. The number of amides is 1. The molecule has 0 spiro atoms. The lowest BCUT2D eigenvalue weighted by Crippen LogP contribution is -2.29. The first-order valence-corrected chi connectivity index (χ1v) is 13.3. The van der Waals surface area contributed by atoms with Gasteiger partial charge >= 0.3 is 0 Å². The number of H-pyrrole nitrogens is 2. The standard InChI is InChI=1S/C31H32N6O/c1-21-7-9-22(10-8-21)16-27-24(6-5-13-33-27)31(38)36-29-19-32-18-25(29)30-34-26-12-11-23(17-28(26)35-30)20-37-14-3-2-4-15-37/h5-13,17-19,32H,2-4,14-16,20H2,1H3,(H,34,35)(H,36,38). The summed E-state index contributed by atoms with van der Waals surface area (Å²) < 4.78 is 0. The van der Waals surface area contributed by atoms with Gasteiger partial charge in [0, 0.05) is 31.6 Å². The van der Waals surface area contributed by atoms with E-state index < -0.39 is 0 Å². The molecule has 0 radical (unpaired) electrons. The van der Waals surface area contributed by atoms with E-state index in [2.05, 4.69) is 74.6 Å². The molecule has 38 heavy (non-hydrogen) atoms. The molecule has 192 valence electrons. The van der Waals surface area contributed by atoms with Crippen LogP contribution >= 0.6 is 0 Å². The van der Waals surface area contributed by atoms with Gasteiger partial charge in [0.1, 0.15) is 5.82 Å². The van der Waals surface area contributed by atoms with Gasteiger partial charge in [-0.3, -0.25) is 14.7 Å². The molecule has 1 aliphatic rings. The zero-order valence-electron chi connectivity index (χ0n) is 21.6. The quantitative estimate of drug-likeness (QED) is 0.250. The van der Waals surface area contributed by atoms with Crippen LogP contribution in [0.4, 0.5) is 5.69 Å². The van der Waals surface area contributed by atoms with Gasteiger partial charge in [0.25, 0.3) is 5.91 Å². The van der Waals surface area contributed by atoms with Crippen LogP contribution in [0, 0.1) is 6.92 Å². The van der Waals surface area contributed by atoms with Crippen LogP contribution in [0.25, 0.3) is 22.4 Å². The summed E-state index contributed by atoms with van der Waals surface area (Å²) in [5, 5.41) is 3.07. The number of anilines is 1. The van der Waals surface area contributed by atoms with Crippen molar-refractivity contribution in [1.29, 1.82) is 0 Å². The van der Waals surface area contributed by atoms with Crippen molar-refractivity contribution in [3.05, 3.63) is 101 Å². The van der Waals surface area contributed by atoms with Gasteiger partial charge in [-0.15, -0.1) is 0 Å². The van der Waals surface area contributed by atoms with Crippen molar-refractivity contribution in [3.63, 3.8) is 0 Å². The number of hydrogen-bond donors (Lipinski definition) is 3. The molecule has 0 atom stereocenters. The van der Waals surface area contributed by atoms with Crippen LogP contribution in [0.15, 0.2) is 73.2 Å². The van der Waals surface area contributed by atoms with Crippen molar-refractivity contribution >= 4 is 22.6 Å². The second-order valence-corrected chi connectivity index (χ2v) is 10.2. The van der Waals surface area contributed by atoms with Crippen LogP contribution in [0.3, 0.4) is 0 Å². The number of imidazole rings is 1. The second-order valence-electron chi connectivity index (χ2n) is 10.2. The molecule has 6 rings (SSSR count). The van der Waals surface area contributed by atoms with Crippen LogP contribution in [0.1, 0.15) is 52.0 Å². The van der Waals surface area contributed by atoms with E-state index >= 15 is 0 Å². The fourth-order valence-electron chi connectivity index (χ4n) is 5.20. The first kappa shape index (κ1) is 24.1. The number of fused-ring (bicyclic) bond motifs is 1. The topological polar surface area (TPSA) is 89.7 Å². The Balaban J connectivity index is 1.21. The van der Waals surface area contributed by atoms with Crippen molar-refractivity contribution < 1.29 is 4.79 Å². The van der Waals surface area contributed by atoms with E-state index in [0.717, 1.165) is 40.2 Å². The molecule has 5 aromatic rings. The largest absolute Gasteiger partial charge is 0.365 e. The second kappa shape index (κ2) is 10.6. The first-order valence-electron chi connectivity index (χ1n) is 13.3. The minimum Gasteiger partial charge on any atom is -0.365 e. The number of likely N-dealkylation sites (tertiary alicyclic amines) is 1. The molecular formula is C31H32N6O. The Bertz CT molecular complexity index is 1560. The van der Waals surface area contributed by atoms with Crippen molar-refractivity contribution in [2.24, 2.45) is 0 Å². The smallest absolute Gasteiger partial charge is 0.257 e. The number of carbonyl (C=O) groups excluding carboxylic acids is 1. The average molecular weight is 505 g/mol. The highest BCUT2D eigenvalue weighted by Gasteiger charge is 2.18. The predicted octanol–water partition coefficient (Wildman–Crippen LogP) is 6.09. The van der Waals surface area contributed by atoms with E-state index in [4.69, 9.17) is 4.98 Å². The monoisotopic (exact) mass is 504 g/mol. The molecule has 2 aromatic carbocycles. The fourth-order valence-corrected chi connectivity index (χ4v) is 5.20. The number of piperidine rings is 1. The van der Waals surface area contributed by atoms with Crippen LogP contribution in [-0.4, -0.2) is 43.8 Å². The lowest BCUT2D eigenvalue weighted by atomic mass is 10.0. The zero-order chi connectivity index (χ0) is 25.9. The normalized spacial score (nSPS) is 14.1. The van der Waals surface area contributed by atoms with Gasteiger partial charge in [-0.05, 0) is 68.2 Å². The van der Waals surface area contributed by atoms with E-state index in [1.54, 1.807) is 18.5 Å². The number of pyridine rings is 1. The number of aromatic amines is 2. The van der Waals surface area contributed by atoms with Gasteiger partial charge in [-0.1, -0.05) is 42.3 Å². The molecule has 1 aliphatic heterocycles. The summed E-state index contributed by atoms with van der Waals surface area (Å²) in [7, 11) is 0. The van der Waals surface area contributed by atoms with Crippen LogP contribution in [0.5, 0.6) is 0 Å². The summed E-state index contributed by atoms with van der Waals surface area (Å²) in [6.45, 7) is 5.37. The third-order valence-electron chi connectivity index (χ3n) is 7.28. The number of nitrogens with zero attached hydrogens (tertiary/aromatic N) is 3. The number of aryl methyl sites for hydroxylation is 1. The molecule has 4 heterocycles. The number of hydrogen-bond acceptors (Lipinski definition) is 4. The highest BCUT2D eigenvalue weighted by atomic mass is 16.1. The third-order valence-corrected chi connectivity index (χ3v) is 7.28. The number of rotatable bonds is 7. The maximum atomic E-state index is 13.4. The van der Waals surface area contributed by atoms with Gasteiger partial charge in [-0.2, -0.15) is 0 Å². The van der Waals surface area contributed by atoms with Crippen LogP contribution < -0.4 is 5.32 Å². The maximum Gasteiger partial charge on any atom is 0.257 e. The maximum absolute atomic E-state index is 13.4. The minimum absolute atomic E-state index is 0.194. The highest BCUT2D eigenvalue weighted by molar-refractivity contribution is 6.06. The van der Waals surface area contributed by atoms with Gasteiger partial charge in [-0.25, -0.2) is 4.98 Å². The number of benzene rings is 2. The Morgan fingerprint density at radius 2 is 1.82 bits per heavy atom. The molecule has 0 unspecified atom stereocenters. The Labute approximate surface area is 222 Å². The third kappa shape index (κ3) is 5.24. The molecule has 7 heteroatoms. The van der Waals surface area contributed by atoms with Crippen molar-refractivity contribution in [2.75, 3.05) is 18.4 Å². The fraction of sp³-hybridized carbons (Fsp3) is 0.258. The van der Waals surface area contributed by atoms with Crippen molar-refractivity contribution in [2.45, 2.75) is 39.2 Å². The average Bonchev–Trinajstić information content (AvgIpc) is 3.57. The summed E-state index contributed by atoms with van der Waals surface area (Å²) in [6, 6.07) is 18.4. The SMILES string of the molecule is Cc1ccc(Cc2ncccc2C(=O)Nc2c[nH]cc2-c2nc3ccc(CN4CCCCC4)cc3[nH]2)cc1. The minimum atomic E-state index is -0.194. The summed E-state index contributed by atoms with van der Waals surface area (Å²) in [5.74, 6) is 0.527. The van der Waals surface area contributed by atoms with E-state index in [9.17, 15) is 4.79 Å². The molecule has 0 aliphatic carbocycles. The predicted molar refractivity (Wildman–Crippen MR) is 151 cm³/mol. The number of carbonyl (C=O) groups is 1. The van der Waals surface area contributed by atoms with Gasteiger partial charge in [0.2, 0.25) is 0 Å². The summed E-state index contributed by atoms with van der Waals surface area (Å²) >= 11 is 0. The van der Waals surface area contributed by atoms with Gasteiger partial charge in [0.05, 0.1) is 33.5 Å². The molecule has 1 amide bonds. The molecule has 1 saturated heterocycles. The van der Waals surface area contributed by atoms with Crippen molar-refractivity contribution in [3.8, 4) is 11.4 Å². The Hall–Kier alpha value is -4.23. The molecule has 3 aromatic heterocycles. The van der Waals surface area contributed by atoms with Gasteiger partial charge < -0.3 is 15.3 Å². The highest BCUT2D eigenvalue weighted by Crippen LogP contribution is 2.29. The summed E-state index contributed by atoms with van der Waals surface area (Å²) in [5.41, 5.74) is 8.32.